The Bertz CT molecular complexity index is 948. The van der Waals surface area contributed by atoms with Crippen LogP contribution in [0.25, 0.3) is 0 Å². The van der Waals surface area contributed by atoms with Crippen LogP contribution < -0.4 is 21.9 Å². The molecule has 0 radical (unpaired) electrons. The number of nitrogens with zero attached hydrogens (tertiary/aromatic N) is 3. The SMILES string of the molecule is Cc1ccnc(Nc2ncnc(NNC(=O)c3cccc(Cl)c3)c2N)c1. The maximum absolute atomic E-state index is 12.2. The van der Waals surface area contributed by atoms with Gasteiger partial charge < -0.3 is 11.1 Å². The van der Waals surface area contributed by atoms with Crippen molar-refractivity contribution in [2.24, 2.45) is 0 Å². The number of carbonyl (C=O) groups excluding carboxylic acids is 1. The highest BCUT2D eigenvalue weighted by atomic mass is 35.5. The molecule has 132 valence electrons. The van der Waals surface area contributed by atoms with Gasteiger partial charge in [-0.2, -0.15) is 0 Å². The van der Waals surface area contributed by atoms with Gasteiger partial charge in [0.15, 0.2) is 11.6 Å². The van der Waals surface area contributed by atoms with Crippen molar-refractivity contribution in [1.29, 1.82) is 0 Å². The summed E-state index contributed by atoms with van der Waals surface area (Å²) >= 11 is 5.88. The fraction of sp³-hybridized carbons (Fsp3) is 0.0588. The second-order valence-corrected chi connectivity index (χ2v) is 5.85. The summed E-state index contributed by atoms with van der Waals surface area (Å²) in [6.45, 7) is 1.95. The van der Waals surface area contributed by atoms with Crippen LogP contribution in [0.1, 0.15) is 15.9 Å². The molecular weight excluding hydrogens is 354 g/mol. The van der Waals surface area contributed by atoms with Crippen molar-refractivity contribution in [1.82, 2.24) is 20.4 Å². The summed E-state index contributed by atoms with van der Waals surface area (Å²) in [4.78, 5) is 24.5. The van der Waals surface area contributed by atoms with E-state index in [-0.39, 0.29) is 17.4 Å². The van der Waals surface area contributed by atoms with E-state index in [9.17, 15) is 4.79 Å². The molecule has 26 heavy (non-hydrogen) atoms. The Labute approximate surface area is 154 Å². The van der Waals surface area contributed by atoms with Crippen molar-refractivity contribution >= 4 is 40.6 Å². The molecule has 9 heteroatoms. The van der Waals surface area contributed by atoms with E-state index < -0.39 is 0 Å². The number of rotatable bonds is 5. The summed E-state index contributed by atoms with van der Waals surface area (Å²) in [5.74, 6) is 0.854. The number of amides is 1. The predicted molar refractivity (Wildman–Crippen MR) is 101 cm³/mol. The van der Waals surface area contributed by atoms with Gasteiger partial charge in [-0.1, -0.05) is 17.7 Å². The van der Waals surface area contributed by atoms with Crippen LogP contribution in [0.15, 0.2) is 48.9 Å². The predicted octanol–water partition coefficient (Wildman–Crippen LogP) is 2.92. The highest BCUT2D eigenvalue weighted by Gasteiger charge is 2.11. The number of pyridine rings is 1. The van der Waals surface area contributed by atoms with E-state index in [0.717, 1.165) is 5.56 Å². The lowest BCUT2D eigenvalue weighted by Crippen LogP contribution is -2.30. The standard InChI is InChI=1S/C17H16ClN7O/c1-10-5-6-20-13(7-10)23-15-14(19)16(22-9-21-15)24-25-17(26)11-3-2-4-12(18)8-11/h2-9H,19H2,1H3,(H,25,26)(H2,20,21,22,23,24). The van der Waals surface area contributed by atoms with Crippen LogP contribution in [0.2, 0.25) is 5.02 Å². The molecule has 3 aromatic rings. The van der Waals surface area contributed by atoms with Gasteiger partial charge >= 0.3 is 0 Å². The van der Waals surface area contributed by atoms with Crippen molar-refractivity contribution in [2.45, 2.75) is 6.92 Å². The molecule has 0 aliphatic carbocycles. The lowest BCUT2D eigenvalue weighted by Gasteiger charge is -2.13. The maximum Gasteiger partial charge on any atom is 0.269 e. The summed E-state index contributed by atoms with van der Waals surface area (Å²) in [6.07, 6.45) is 3.00. The number of nitrogens with one attached hydrogen (secondary N) is 3. The number of carbonyl (C=O) groups is 1. The Morgan fingerprint density at radius 3 is 2.69 bits per heavy atom. The molecule has 0 aliphatic heterocycles. The minimum absolute atomic E-state index is 0.238. The molecule has 0 spiro atoms. The van der Waals surface area contributed by atoms with Gasteiger partial charge in [-0.15, -0.1) is 0 Å². The molecule has 3 rings (SSSR count). The number of nitrogens with two attached hydrogens (primary N) is 1. The summed E-state index contributed by atoms with van der Waals surface area (Å²) < 4.78 is 0. The zero-order valence-corrected chi connectivity index (χ0v) is 14.6. The molecule has 0 atom stereocenters. The average molecular weight is 370 g/mol. The summed E-state index contributed by atoms with van der Waals surface area (Å²) in [5, 5.41) is 3.49. The first-order valence-electron chi connectivity index (χ1n) is 7.65. The van der Waals surface area contributed by atoms with Crippen molar-refractivity contribution in [3.05, 3.63) is 65.1 Å². The third-order valence-corrected chi connectivity index (χ3v) is 3.66. The Balaban J connectivity index is 1.72. The Morgan fingerprint density at radius 2 is 1.92 bits per heavy atom. The van der Waals surface area contributed by atoms with E-state index in [1.807, 2.05) is 19.1 Å². The molecule has 0 unspecified atom stereocenters. The fourth-order valence-corrected chi connectivity index (χ4v) is 2.33. The van der Waals surface area contributed by atoms with Gasteiger partial charge in [0.1, 0.15) is 17.8 Å². The fourth-order valence-electron chi connectivity index (χ4n) is 2.14. The van der Waals surface area contributed by atoms with Crippen LogP contribution in [-0.2, 0) is 0 Å². The van der Waals surface area contributed by atoms with Crippen molar-refractivity contribution in [2.75, 3.05) is 16.5 Å². The first-order valence-corrected chi connectivity index (χ1v) is 8.03. The summed E-state index contributed by atoms with van der Waals surface area (Å²) in [7, 11) is 0. The summed E-state index contributed by atoms with van der Waals surface area (Å²) in [6, 6.07) is 10.3. The van der Waals surface area contributed by atoms with Crippen LogP contribution in [0.5, 0.6) is 0 Å². The molecular formula is C17H16ClN7O. The minimum atomic E-state index is -0.375. The molecule has 5 N–H and O–H groups in total. The molecule has 1 amide bonds. The average Bonchev–Trinajstić information content (AvgIpc) is 2.62. The van der Waals surface area contributed by atoms with E-state index in [4.69, 9.17) is 17.3 Å². The number of hydrogen-bond acceptors (Lipinski definition) is 7. The molecule has 0 aliphatic rings. The topological polar surface area (TPSA) is 118 Å². The van der Waals surface area contributed by atoms with E-state index in [1.165, 1.54) is 6.33 Å². The lowest BCUT2D eigenvalue weighted by atomic mass is 10.2. The van der Waals surface area contributed by atoms with Crippen LogP contribution in [0.4, 0.5) is 23.1 Å². The third kappa shape index (κ3) is 4.17. The quantitative estimate of drug-likeness (QED) is 0.510. The number of aryl methyl sites for hydroxylation is 1. The van der Waals surface area contributed by atoms with E-state index in [1.54, 1.807) is 30.5 Å². The van der Waals surface area contributed by atoms with Crippen molar-refractivity contribution in [3.8, 4) is 0 Å². The van der Waals surface area contributed by atoms with Gasteiger partial charge in [0.25, 0.3) is 5.91 Å². The Hall–Kier alpha value is -3.39. The summed E-state index contributed by atoms with van der Waals surface area (Å²) in [5.41, 5.74) is 13.0. The normalized spacial score (nSPS) is 10.2. The molecule has 1 aromatic carbocycles. The number of aromatic nitrogens is 3. The van der Waals surface area contributed by atoms with Crippen LogP contribution in [0.3, 0.4) is 0 Å². The van der Waals surface area contributed by atoms with Crippen LogP contribution in [0, 0.1) is 6.92 Å². The Kier molecular flexibility index (Phi) is 5.14. The van der Waals surface area contributed by atoms with E-state index >= 15 is 0 Å². The second kappa shape index (κ2) is 7.66. The minimum Gasteiger partial charge on any atom is -0.393 e. The maximum atomic E-state index is 12.2. The highest BCUT2D eigenvalue weighted by molar-refractivity contribution is 6.30. The third-order valence-electron chi connectivity index (χ3n) is 3.43. The van der Waals surface area contributed by atoms with Crippen molar-refractivity contribution in [3.63, 3.8) is 0 Å². The number of anilines is 4. The monoisotopic (exact) mass is 369 g/mol. The molecule has 8 nitrogen and oxygen atoms in total. The Morgan fingerprint density at radius 1 is 1.12 bits per heavy atom. The van der Waals surface area contributed by atoms with Crippen LogP contribution in [-0.4, -0.2) is 20.9 Å². The van der Waals surface area contributed by atoms with Gasteiger partial charge in [0, 0.05) is 16.8 Å². The highest BCUT2D eigenvalue weighted by Crippen LogP contribution is 2.24. The van der Waals surface area contributed by atoms with E-state index in [2.05, 4.69) is 31.1 Å². The number of hydrogen-bond donors (Lipinski definition) is 4. The first kappa shape index (κ1) is 17.4. The number of halogens is 1. The van der Waals surface area contributed by atoms with Gasteiger partial charge in [0.2, 0.25) is 0 Å². The molecule has 2 heterocycles. The molecule has 0 fully saturated rings. The van der Waals surface area contributed by atoms with E-state index in [0.29, 0.717) is 22.2 Å². The number of hydrazine groups is 1. The first-order chi connectivity index (χ1) is 12.5. The van der Waals surface area contributed by atoms with Gasteiger partial charge in [-0.3, -0.25) is 15.6 Å². The van der Waals surface area contributed by atoms with Crippen molar-refractivity contribution < 1.29 is 4.79 Å². The molecule has 0 saturated carbocycles. The molecule has 0 bridgehead atoms. The number of benzene rings is 1. The largest absolute Gasteiger partial charge is 0.393 e. The molecule has 2 aromatic heterocycles. The van der Waals surface area contributed by atoms with Gasteiger partial charge in [-0.25, -0.2) is 15.0 Å². The smallest absolute Gasteiger partial charge is 0.269 e. The zero-order chi connectivity index (χ0) is 18.5. The number of nitrogen functional groups attached to an aromatic ring is 1. The van der Waals surface area contributed by atoms with Crippen LogP contribution >= 0.6 is 11.6 Å². The molecule has 0 saturated heterocycles. The van der Waals surface area contributed by atoms with Gasteiger partial charge in [-0.05, 0) is 42.8 Å². The second-order valence-electron chi connectivity index (χ2n) is 5.42. The zero-order valence-electron chi connectivity index (χ0n) is 13.8. The lowest BCUT2D eigenvalue weighted by molar-refractivity contribution is 0.0962. The van der Waals surface area contributed by atoms with Gasteiger partial charge in [0.05, 0.1) is 0 Å².